The van der Waals surface area contributed by atoms with Crippen LogP contribution in [0.15, 0.2) is 23.8 Å². The van der Waals surface area contributed by atoms with Gasteiger partial charge in [-0.05, 0) is 32.1 Å². The van der Waals surface area contributed by atoms with Crippen LogP contribution >= 0.6 is 0 Å². The SMILES string of the molecule is CC=C(C)C(C)(C)CCC=CC(=O)O. The summed E-state index contributed by atoms with van der Waals surface area (Å²) < 4.78 is 0. The molecule has 0 fully saturated rings. The molecule has 80 valence electrons. The Kier molecular flexibility index (Phi) is 5.21. The van der Waals surface area contributed by atoms with Crippen molar-refractivity contribution in [2.24, 2.45) is 5.41 Å². The Bertz CT molecular complexity index is 247. The summed E-state index contributed by atoms with van der Waals surface area (Å²) in [6.45, 7) is 8.50. The molecule has 0 aromatic carbocycles. The van der Waals surface area contributed by atoms with Gasteiger partial charge in [-0.15, -0.1) is 0 Å². The second-order valence-corrected chi connectivity index (χ2v) is 4.13. The van der Waals surface area contributed by atoms with E-state index < -0.39 is 5.97 Å². The second kappa shape index (κ2) is 5.63. The van der Waals surface area contributed by atoms with E-state index in [0.29, 0.717) is 0 Å². The number of carbonyl (C=O) groups is 1. The summed E-state index contributed by atoms with van der Waals surface area (Å²) in [5, 5.41) is 8.40. The summed E-state index contributed by atoms with van der Waals surface area (Å²) in [7, 11) is 0. The first-order valence-electron chi connectivity index (χ1n) is 4.93. The van der Waals surface area contributed by atoms with Gasteiger partial charge in [-0.1, -0.05) is 31.6 Å². The van der Waals surface area contributed by atoms with Crippen molar-refractivity contribution in [3.05, 3.63) is 23.8 Å². The molecular formula is C12H20O2. The van der Waals surface area contributed by atoms with E-state index in [0.717, 1.165) is 12.8 Å². The summed E-state index contributed by atoms with van der Waals surface area (Å²) in [5.74, 6) is -0.870. The van der Waals surface area contributed by atoms with E-state index in [1.54, 1.807) is 6.08 Å². The number of carboxylic acids is 1. The average Bonchev–Trinajstić information content (AvgIpc) is 2.10. The van der Waals surface area contributed by atoms with Crippen molar-refractivity contribution < 1.29 is 9.90 Å². The van der Waals surface area contributed by atoms with Gasteiger partial charge >= 0.3 is 5.97 Å². The van der Waals surface area contributed by atoms with Crippen LogP contribution in [0.2, 0.25) is 0 Å². The molecule has 1 N–H and O–H groups in total. The van der Waals surface area contributed by atoms with Gasteiger partial charge in [0.05, 0.1) is 0 Å². The normalized spacial score (nSPS) is 13.6. The highest BCUT2D eigenvalue weighted by molar-refractivity contribution is 5.79. The number of carboxylic acid groups (broad SMARTS) is 1. The number of hydrogen-bond donors (Lipinski definition) is 1. The summed E-state index contributed by atoms with van der Waals surface area (Å²) in [6, 6.07) is 0. The standard InChI is InChI=1S/C12H20O2/c1-5-10(2)12(3,4)9-7-6-8-11(13)14/h5-6,8H,7,9H2,1-4H3,(H,13,14). The van der Waals surface area contributed by atoms with Crippen LogP contribution < -0.4 is 0 Å². The second-order valence-electron chi connectivity index (χ2n) is 4.13. The Morgan fingerprint density at radius 2 is 2.00 bits per heavy atom. The molecule has 0 saturated carbocycles. The van der Waals surface area contributed by atoms with E-state index in [9.17, 15) is 4.79 Å². The molecule has 0 bridgehead atoms. The van der Waals surface area contributed by atoms with Gasteiger partial charge in [0.1, 0.15) is 0 Å². The third kappa shape index (κ3) is 4.85. The minimum Gasteiger partial charge on any atom is -0.478 e. The zero-order chi connectivity index (χ0) is 11.2. The third-order valence-electron chi connectivity index (χ3n) is 2.70. The summed E-state index contributed by atoms with van der Waals surface area (Å²) in [5.41, 5.74) is 1.51. The lowest BCUT2D eigenvalue weighted by molar-refractivity contribution is -0.131. The quantitative estimate of drug-likeness (QED) is 0.540. The lowest BCUT2D eigenvalue weighted by Crippen LogP contribution is -2.12. The Labute approximate surface area is 86.3 Å². The lowest BCUT2D eigenvalue weighted by atomic mass is 9.81. The molecule has 0 amide bonds. The summed E-state index contributed by atoms with van der Waals surface area (Å²) in [4.78, 5) is 10.2. The fourth-order valence-electron chi connectivity index (χ4n) is 1.22. The summed E-state index contributed by atoms with van der Waals surface area (Å²) >= 11 is 0. The van der Waals surface area contributed by atoms with Crippen molar-refractivity contribution >= 4 is 5.97 Å². The molecule has 0 radical (unpaired) electrons. The maximum absolute atomic E-state index is 10.2. The van der Waals surface area contributed by atoms with Gasteiger partial charge in [0, 0.05) is 6.08 Å². The van der Waals surface area contributed by atoms with Crippen molar-refractivity contribution in [2.45, 2.75) is 40.5 Å². The maximum Gasteiger partial charge on any atom is 0.327 e. The van der Waals surface area contributed by atoms with Gasteiger partial charge in [0.15, 0.2) is 0 Å². The van der Waals surface area contributed by atoms with Gasteiger partial charge in [-0.3, -0.25) is 0 Å². The van der Waals surface area contributed by atoms with Crippen LogP contribution in [0.25, 0.3) is 0 Å². The number of rotatable bonds is 5. The van der Waals surface area contributed by atoms with Crippen molar-refractivity contribution in [3.8, 4) is 0 Å². The molecule has 2 heteroatoms. The van der Waals surface area contributed by atoms with E-state index >= 15 is 0 Å². The van der Waals surface area contributed by atoms with Gasteiger partial charge in [-0.25, -0.2) is 4.79 Å². The van der Waals surface area contributed by atoms with Crippen LogP contribution in [-0.4, -0.2) is 11.1 Å². The lowest BCUT2D eigenvalue weighted by Gasteiger charge is -2.25. The predicted molar refractivity (Wildman–Crippen MR) is 59.2 cm³/mol. The first kappa shape index (κ1) is 12.9. The third-order valence-corrected chi connectivity index (χ3v) is 2.70. The van der Waals surface area contributed by atoms with Crippen molar-refractivity contribution in [1.82, 2.24) is 0 Å². The molecular weight excluding hydrogens is 176 g/mol. The fourth-order valence-corrected chi connectivity index (χ4v) is 1.22. The smallest absolute Gasteiger partial charge is 0.327 e. The highest BCUT2D eigenvalue weighted by Crippen LogP contribution is 2.31. The van der Waals surface area contributed by atoms with E-state index in [4.69, 9.17) is 5.11 Å². The van der Waals surface area contributed by atoms with Gasteiger partial charge in [0.2, 0.25) is 0 Å². The molecule has 0 spiro atoms. The van der Waals surface area contributed by atoms with Crippen LogP contribution in [0.5, 0.6) is 0 Å². The monoisotopic (exact) mass is 196 g/mol. The van der Waals surface area contributed by atoms with Gasteiger partial charge in [-0.2, -0.15) is 0 Å². The Balaban J connectivity index is 4.07. The van der Waals surface area contributed by atoms with Crippen LogP contribution in [-0.2, 0) is 4.79 Å². The zero-order valence-electron chi connectivity index (χ0n) is 9.50. The molecule has 0 atom stereocenters. The highest BCUT2D eigenvalue weighted by atomic mass is 16.4. The van der Waals surface area contributed by atoms with E-state index in [1.165, 1.54) is 11.6 Å². The minimum absolute atomic E-state index is 0.164. The molecule has 0 heterocycles. The Morgan fingerprint density at radius 3 is 2.43 bits per heavy atom. The molecule has 0 aliphatic rings. The molecule has 2 nitrogen and oxygen atoms in total. The molecule has 0 unspecified atom stereocenters. The first-order chi connectivity index (χ1) is 6.40. The summed E-state index contributed by atoms with van der Waals surface area (Å²) in [6.07, 6.45) is 6.83. The zero-order valence-corrected chi connectivity index (χ0v) is 9.50. The number of aliphatic carboxylic acids is 1. The largest absolute Gasteiger partial charge is 0.478 e. The molecule has 0 aromatic rings. The topological polar surface area (TPSA) is 37.3 Å². The molecule has 0 aliphatic carbocycles. The van der Waals surface area contributed by atoms with Crippen molar-refractivity contribution in [1.29, 1.82) is 0 Å². The van der Waals surface area contributed by atoms with E-state index in [2.05, 4.69) is 26.8 Å². The average molecular weight is 196 g/mol. The fraction of sp³-hybridized carbons (Fsp3) is 0.583. The number of allylic oxidation sites excluding steroid dienone is 3. The molecule has 0 saturated heterocycles. The van der Waals surface area contributed by atoms with E-state index in [1.807, 2.05) is 6.92 Å². The van der Waals surface area contributed by atoms with Crippen LogP contribution in [0.4, 0.5) is 0 Å². The van der Waals surface area contributed by atoms with Crippen LogP contribution in [0.3, 0.4) is 0 Å². The van der Waals surface area contributed by atoms with Gasteiger partial charge in [0.25, 0.3) is 0 Å². The van der Waals surface area contributed by atoms with Crippen LogP contribution in [0.1, 0.15) is 40.5 Å². The van der Waals surface area contributed by atoms with Crippen LogP contribution in [0, 0.1) is 5.41 Å². The Morgan fingerprint density at radius 1 is 1.43 bits per heavy atom. The molecule has 0 aromatic heterocycles. The number of hydrogen-bond acceptors (Lipinski definition) is 1. The highest BCUT2D eigenvalue weighted by Gasteiger charge is 2.17. The molecule has 14 heavy (non-hydrogen) atoms. The molecule has 0 rings (SSSR count). The van der Waals surface area contributed by atoms with Crippen molar-refractivity contribution in [2.75, 3.05) is 0 Å². The Hall–Kier alpha value is -1.05. The molecule has 0 aliphatic heterocycles. The van der Waals surface area contributed by atoms with Crippen molar-refractivity contribution in [3.63, 3.8) is 0 Å². The van der Waals surface area contributed by atoms with Gasteiger partial charge < -0.3 is 5.11 Å². The minimum atomic E-state index is -0.870. The predicted octanol–water partition coefficient (Wildman–Crippen LogP) is 3.40. The maximum atomic E-state index is 10.2. The first-order valence-corrected chi connectivity index (χ1v) is 4.93. The van der Waals surface area contributed by atoms with E-state index in [-0.39, 0.29) is 5.41 Å².